The van der Waals surface area contributed by atoms with Gasteiger partial charge in [0.05, 0.1) is 24.5 Å². The fourth-order valence-corrected chi connectivity index (χ4v) is 4.15. The van der Waals surface area contributed by atoms with Crippen molar-refractivity contribution in [1.82, 2.24) is 0 Å². The second-order valence-electron chi connectivity index (χ2n) is 6.49. The van der Waals surface area contributed by atoms with Gasteiger partial charge in [-0.2, -0.15) is 0 Å². The number of hydrogen-bond acceptors (Lipinski definition) is 5. The van der Waals surface area contributed by atoms with E-state index in [-0.39, 0.29) is 5.91 Å². The van der Waals surface area contributed by atoms with Gasteiger partial charge < -0.3 is 15.2 Å². The molecule has 0 unspecified atom stereocenters. The molecule has 0 saturated heterocycles. The molecule has 1 heterocycles. The molecular formula is C18H23NO5S. The van der Waals surface area contributed by atoms with Gasteiger partial charge in [-0.3, -0.25) is 9.59 Å². The predicted octanol–water partition coefficient (Wildman–Crippen LogP) is 3.54. The summed E-state index contributed by atoms with van der Waals surface area (Å²) in [6.07, 6.45) is 0.775. The molecule has 0 spiro atoms. The normalized spacial score (nSPS) is 20.4. The molecule has 0 aliphatic heterocycles. The Hall–Kier alpha value is -2.15. The molecular weight excluding hydrogens is 342 g/mol. The van der Waals surface area contributed by atoms with Crippen molar-refractivity contribution in [3.63, 3.8) is 0 Å². The standard InChI is InChI=1S/C18H23NO5S/c1-8-6-12(13(17(21)22)7-9(8)2)15(20)19-16-14(18(23)24-5)10(3)11(4)25-16/h12-13H,6-7H2,1-5H3,(H,19,20)(H,21,22)/t12-,13+/m1/s1. The second-order valence-corrected chi connectivity index (χ2v) is 7.71. The van der Waals surface area contributed by atoms with Crippen LogP contribution in [0.4, 0.5) is 5.00 Å². The Morgan fingerprint density at radius 2 is 1.64 bits per heavy atom. The Balaban J connectivity index is 2.32. The number of carboxylic acid groups (broad SMARTS) is 1. The van der Waals surface area contributed by atoms with Crippen molar-refractivity contribution < 1.29 is 24.2 Å². The highest BCUT2D eigenvalue weighted by atomic mass is 32.1. The lowest BCUT2D eigenvalue weighted by Crippen LogP contribution is -2.36. The second kappa shape index (κ2) is 7.39. The van der Waals surface area contributed by atoms with Gasteiger partial charge in [-0.1, -0.05) is 11.1 Å². The van der Waals surface area contributed by atoms with Crippen LogP contribution in [0.5, 0.6) is 0 Å². The molecule has 1 aromatic rings. The van der Waals surface area contributed by atoms with Crippen LogP contribution in [-0.4, -0.2) is 30.1 Å². The van der Waals surface area contributed by atoms with E-state index in [9.17, 15) is 19.5 Å². The Kier molecular flexibility index (Phi) is 5.67. The van der Waals surface area contributed by atoms with Crippen LogP contribution >= 0.6 is 11.3 Å². The van der Waals surface area contributed by atoms with Crippen molar-refractivity contribution in [2.45, 2.75) is 40.5 Å². The summed E-state index contributed by atoms with van der Waals surface area (Å²) in [5.74, 6) is -3.27. The van der Waals surface area contributed by atoms with Gasteiger partial charge in [0.2, 0.25) is 5.91 Å². The number of anilines is 1. The van der Waals surface area contributed by atoms with Crippen molar-refractivity contribution in [3.05, 3.63) is 27.2 Å². The maximum Gasteiger partial charge on any atom is 0.341 e. The molecule has 1 aliphatic carbocycles. The maximum atomic E-state index is 12.8. The average Bonchev–Trinajstić information content (AvgIpc) is 2.82. The highest BCUT2D eigenvalue weighted by molar-refractivity contribution is 7.16. The molecule has 0 radical (unpaired) electrons. The number of nitrogens with one attached hydrogen (secondary N) is 1. The molecule has 0 saturated carbocycles. The molecule has 25 heavy (non-hydrogen) atoms. The lowest BCUT2D eigenvalue weighted by atomic mass is 9.76. The predicted molar refractivity (Wildman–Crippen MR) is 96.0 cm³/mol. The Labute approximate surface area is 150 Å². The number of thiophene rings is 1. The topological polar surface area (TPSA) is 92.7 Å². The van der Waals surface area contributed by atoms with Gasteiger partial charge >= 0.3 is 11.9 Å². The van der Waals surface area contributed by atoms with E-state index in [1.165, 1.54) is 18.4 Å². The molecule has 2 rings (SSSR count). The monoisotopic (exact) mass is 365 g/mol. The summed E-state index contributed by atoms with van der Waals surface area (Å²) in [6.45, 7) is 7.48. The zero-order valence-electron chi connectivity index (χ0n) is 15.1. The van der Waals surface area contributed by atoms with Crippen LogP contribution in [0.1, 0.15) is 47.5 Å². The van der Waals surface area contributed by atoms with Gasteiger partial charge in [0.25, 0.3) is 0 Å². The van der Waals surface area contributed by atoms with E-state index in [0.29, 0.717) is 23.4 Å². The zero-order chi connectivity index (χ0) is 18.9. The summed E-state index contributed by atoms with van der Waals surface area (Å²) in [5, 5.41) is 12.7. The van der Waals surface area contributed by atoms with E-state index in [1.807, 2.05) is 20.8 Å². The molecule has 1 aromatic heterocycles. The lowest BCUT2D eigenvalue weighted by Gasteiger charge is -2.29. The fourth-order valence-electron chi connectivity index (χ4n) is 3.10. The summed E-state index contributed by atoms with van der Waals surface area (Å²) < 4.78 is 4.80. The molecule has 0 aromatic carbocycles. The van der Waals surface area contributed by atoms with E-state index >= 15 is 0 Å². The van der Waals surface area contributed by atoms with Crippen LogP contribution in [0.3, 0.4) is 0 Å². The quantitative estimate of drug-likeness (QED) is 0.629. The first kappa shape index (κ1) is 19.2. The van der Waals surface area contributed by atoms with Crippen LogP contribution in [0.2, 0.25) is 0 Å². The van der Waals surface area contributed by atoms with Gasteiger partial charge in [0, 0.05) is 4.88 Å². The summed E-state index contributed by atoms with van der Waals surface area (Å²) >= 11 is 1.30. The Bertz CT molecular complexity index is 762. The number of methoxy groups -OCH3 is 1. The first-order valence-electron chi connectivity index (χ1n) is 8.04. The van der Waals surface area contributed by atoms with Crippen molar-refractivity contribution >= 4 is 34.2 Å². The van der Waals surface area contributed by atoms with Crippen molar-refractivity contribution in [2.75, 3.05) is 12.4 Å². The molecule has 2 N–H and O–H groups in total. The van der Waals surface area contributed by atoms with E-state index in [4.69, 9.17) is 4.74 Å². The Morgan fingerprint density at radius 3 is 2.16 bits per heavy atom. The lowest BCUT2D eigenvalue weighted by molar-refractivity contribution is -0.146. The molecule has 1 amide bonds. The number of carbonyl (C=O) groups is 3. The van der Waals surface area contributed by atoms with Crippen molar-refractivity contribution in [1.29, 1.82) is 0 Å². The number of rotatable bonds is 4. The third-order valence-corrected chi connectivity index (χ3v) is 6.05. The molecule has 0 fully saturated rings. The largest absolute Gasteiger partial charge is 0.481 e. The smallest absolute Gasteiger partial charge is 0.341 e. The maximum absolute atomic E-state index is 12.8. The SMILES string of the molecule is COC(=O)c1c(NC(=O)[C@@H]2CC(C)=C(C)C[C@@H]2C(=O)O)sc(C)c1C. The molecule has 0 bridgehead atoms. The number of carboxylic acids is 1. The highest BCUT2D eigenvalue weighted by Crippen LogP contribution is 2.37. The third-order valence-electron chi connectivity index (χ3n) is 4.93. The highest BCUT2D eigenvalue weighted by Gasteiger charge is 2.38. The van der Waals surface area contributed by atoms with Gasteiger partial charge in [-0.15, -0.1) is 11.3 Å². The third kappa shape index (κ3) is 3.76. The number of hydrogen-bond donors (Lipinski definition) is 2. The van der Waals surface area contributed by atoms with Gasteiger partial charge in [0.1, 0.15) is 5.00 Å². The van der Waals surface area contributed by atoms with Crippen LogP contribution in [0, 0.1) is 25.7 Å². The van der Waals surface area contributed by atoms with Crippen LogP contribution < -0.4 is 5.32 Å². The fraction of sp³-hybridized carbons (Fsp3) is 0.500. The van der Waals surface area contributed by atoms with Gasteiger partial charge in [0.15, 0.2) is 0 Å². The molecule has 7 heteroatoms. The van der Waals surface area contributed by atoms with Crippen LogP contribution in [-0.2, 0) is 14.3 Å². The minimum atomic E-state index is -0.973. The number of aliphatic carboxylic acids is 1. The van der Waals surface area contributed by atoms with Crippen LogP contribution in [0.25, 0.3) is 0 Å². The number of ether oxygens (including phenoxy) is 1. The molecule has 1 aliphatic rings. The van der Waals surface area contributed by atoms with Crippen molar-refractivity contribution in [2.24, 2.45) is 11.8 Å². The molecule has 6 nitrogen and oxygen atoms in total. The minimum Gasteiger partial charge on any atom is -0.481 e. The summed E-state index contributed by atoms with van der Waals surface area (Å²) in [4.78, 5) is 37.3. The number of esters is 1. The average molecular weight is 365 g/mol. The summed E-state index contributed by atoms with van der Waals surface area (Å²) in [5.41, 5.74) is 3.17. The number of amides is 1. The first-order valence-corrected chi connectivity index (χ1v) is 8.86. The van der Waals surface area contributed by atoms with E-state index in [1.54, 1.807) is 6.92 Å². The van der Waals surface area contributed by atoms with E-state index < -0.39 is 23.8 Å². The number of allylic oxidation sites excluding steroid dienone is 2. The first-order chi connectivity index (χ1) is 11.7. The van der Waals surface area contributed by atoms with Crippen molar-refractivity contribution in [3.8, 4) is 0 Å². The summed E-state index contributed by atoms with van der Waals surface area (Å²) in [6, 6.07) is 0. The van der Waals surface area contributed by atoms with E-state index in [2.05, 4.69) is 5.32 Å². The number of carbonyl (C=O) groups excluding carboxylic acids is 2. The number of aryl methyl sites for hydroxylation is 1. The molecule has 2 atom stereocenters. The summed E-state index contributed by atoms with van der Waals surface area (Å²) in [7, 11) is 1.29. The Morgan fingerprint density at radius 1 is 1.08 bits per heavy atom. The van der Waals surface area contributed by atoms with Gasteiger partial charge in [-0.05, 0) is 46.1 Å². The molecule has 136 valence electrons. The van der Waals surface area contributed by atoms with Crippen LogP contribution in [0.15, 0.2) is 11.1 Å². The van der Waals surface area contributed by atoms with E-state index in [0.717, 1.165) is 21.6 Å². The zero-order valence-corrected chi connectivity index (χ0v) is 15.9. The van der Waals surface area contributed by atoms with Gasteiger partial charge in [-0.25, -0.2) is 4.79 Å². The minimum absolute atomic E-state index is 0.337.